The van der Waals surface area contributed by atoms with Crippen molar-refractivity contribution in [2.45, 2.75) is 25.3 Å². The maximum atomic E-state index is 12.2. The summed E-state index contributed by atoms with van der Waals surface area (Å²) in [4.78, 5) is 25.0. The van der Waals surface area contributed by atoms with Crippen LogP contribution in [0.25, 0.3) is 0 Å². The number of thioether (sulfide) groups is 1. The molecule has 1 unspecified atom stereocenters. The lowest BCUT2D eigenvalue weighted by Gasteiger charge is -2.33. The zero-order valence-electron chi connectivity index (χ0n) is 12.2. The number of likely N-dealkylation sites (tertiary alicyclic amines) is 1. The fraction of sp³-hybridized carbons (Fsp3) is 0.846. The van der Waals surface area contributed by atoms with Crippen molar-refractivity contribution in [2.75, 3.05) is 38.7 Å². The highest BCUT2D eigenvalue weighted by atomic mass is 32.2. The van der Waals surface area contributed by atoms with Gasteiger partial charge in [0.1, 0.15) is 6.04 Å². The summed E-state index contributed by atoms with van der Waals surface area (Å²) in [5.41, 5.74) is 0. The first-order chi connectivity index (χ1) is 9.58. The van der Waals surface area contributed by atoms with Crippen LogP contribution in [0, 0.1) is 5.92 Å². The Labute approximate surface area is 124 Å². The molecule has 7 heteroatoms. The summed E-state index contributed by atoms with van der Waals surface area (Å²) in [6.07, 6.45) is 4.46. The van der Waals surface area contributed by atoms with Crippen LogP contribution in [0.1, 0.15) is 19.3 Å². The van der Waals surface area contributed by atoms with Crippen LogP contribution in [-0.2, 0) is 4.79 Å². The number of aliphatic carboxylic acids is 1. The average molecular weight is 303 g/mol. The van der Waals surface area contributed by atoms with Crippen LogP contribution in [-0.4, -0.2) is 66.7 Å². The largest absolute Gasteiger partial charge is 0.480 e. The van der Waals surface area contributed by atoms with Gasteiger partial charge in [-0.25, -0.2) is 9.59 Å². The molecule has 116 valence electrons. The summed E-state index contributed by atoms with van der Waals surface area (Å²) >= 11 is 1.58. The van der Waals surface area contributed by atoms with Crippen LogP contribution in [0.5, 0.6) is 0 Å². The van der Waals surface area contributed by atoms with Crippen LogP contribution in [0.2, 0.25) is 0 Å². The van der Waals surface area contributed by atoms with Crippen molar-refractivity contribution >= 4 is 23.8 Å². The van der Waals surface area contributed by atoms with Crippen molar-refractivity contribution in [3.05, 3.63) is 0 Å². The highest BCUT2D eigenvalue weighted by molar-refractivity contribution is 7.98. The number of nitrogens with zero attached hydrogens (tertiary/aromatic N) is 1. The quantitative estimate of drug-likeness (QED) is 0.649. The van der Waals surface area contributed by atoms with E-state index in [1.54, 1.807) is 16.7 Å². The Morgan fingerprint density at radius 2 is 2.25 bits per heavy atom. The van der Waals surface area contributed by atoms with Crippen molar-refractivity contribution in [3.63, 3.8) is 0 Å². The monoisotopic (exact) mass is 303 g/mol. The molecule has 0 radical (unpaired) electrons. The van der Waals surface area contributed by atoms with Crippen molar-refractivity contribution in [1.29, 1.82) is 0 Å². The van der Waals surface area contributed by atoms with E-state index < -0.39 is 12.0 Å². The van der Waals surface area contributed by atoms with Crippen molar-refractivity contribution in [2.24, 2.45) is 5.92 Å². The van der Waals surface area contributed by atoms with Crippen molar-refractivity contribution in [1.82, 2.24) is 15.5 Å². The van der Waals surface area contributed by atoms with E-state index >= 15 is 0 Å². The van der Waals surface area contributed by atoms with Gasteiger partial charge < -0.3 is 20.6 Å². The number of hydrogen-bond acceptors (Lipinski definition) is 4. The third-order valence-electron chi connectivity index (χ3n) is 3.51. The fourth-order valence-electron chi connectivity index (χ4n) is 2.44. The molecule has 0 aromatic rings. The van der Waals surface area contributed by atoms with Gasteiger partial charge in [-0.15, -0.1) is 0 Å². The Kier molecular flexibility index (Phi) is 7.76. The van der Waals surface area contributed by atoms with Gasteiger partial charge in [0, 0.05) is 13.1 Å². The molecular weight excluding hydrogens is 278 g/mol. The van der Waals surface area contributed by atoms with Gasteiger partial charge in [0.25, 0.3) is 0 Å². The van der Waals surface area contributed by atoms with E-state index in [0.29, 0.717) is 25.4 Å². The van der Waals surface area contributed by atoms with E-state index in [0.717, 1.165) is 25.1 Å². The van der Waals surface area contributed by atoms with Crippen LogP contribution < -0.4 is 10.6 Å². The fourth-order valence-corrected chi connectivity index (χ4v) is 2.91. The second-order valence-electron chi connectivity index (χ2n) is 5.13. The lowest BCUT2D eigenvalue weighted by molar-refractivity contribution is -0.139. The molecule has 0 aliphatic carbocycles. The zero-order chi connectivity index (χ0) is 15.0. The molecule has 1 aliphatic heterocycles. The van der Waals surface area contributed by atoms with E-state index in [-0.39, 0.29) is 6.03 Å². The second kappa shape index (κ2) is 9.07. The zero-order valence-corrected chi connectivity index (χ0v) is 13.0. The standard InChI is InChI=1S/C13H25N3O3S/c1-14-8-10-4-3-6-16(9-10)13(19)15-11(12(17)18)5-7-20-2/h10-11,14H,3-9H2,1-2H3,(H,15,19)(H,17,18)/t10?,11-/m1/s1. The van der Waals surface area contributed by atoms with Crippen molar-refractivity contribution < 1.29 is 14.7 Å². The van der Waals surface area contributed by atoms with Gasteiger partial charge in [0.05, 0.1) is 0 Å². The normalized spacial score (nSPS) is 20.5. The molecule has 3 N–H and O–H groups in total. The molecule has 6 nitrogen and oxygen atoms in total. The number of carbonyl (C=O) groups is 2. The molecule has 1 fully saturated rings. The van der Waals surface area contributed by atoms with Crippen molar-refractivity contribution in [3.8, 4) is 0 Å². The van der Waals surface area contributed by atoms with E-state index in [1.165, 1.54) is 0 Å². The average Bonchev–Trinajstić information content (AvgIpc) is 2.43. The Hall–Kier alpha value is -0.950. The third kappa shape index (κ3) is 5.58. The number of rotatable bonds is 7. The lowest BCUT2D eigenvalue weighted by atomic mass is 9.98. The van der Waals surface area contributed by atoms with Crippen LogP contribution >= 0.6 is 11.8 Å². The third-order valence-corrected chi connectivity index (χ3v) is 4.15. The minimum atomic E-state index is -0.962. The number of nitrogens with one attached hydrogen (secondary N) is 2. The Balaban J connectivity index is 2.48. The minimum Gasteiger partial charge on any atom is -0.480 e. The van der Waals surface area contributed by atoms with E-state index in [2.05, 4.69) is 10.6 Å². The highest BCUT2D eigenvalue weighted by Gasteiger charge is 2.26. The summed E-state index contributed by atoms with van der Waals surface area (Å²) in [6.45, 7) is 2.29. The maximum Gasteiger partial charge on any atom is 0.326 e. The molecule has 1 aliphatic rings. The van der Waals surface area contributed by atoms with Gasteiger partial charge in [0.15, 0.2) is 0 Å². The number of piperidine rings is 1. The number of hydrogen-bond donors (Lipinski definition) is 3. The molecule has 2 atom stereocenters. The Morgan fingerprint density at radius 1 is 1.50 bits per heavy atom. The summed E-state index contributed by atoms with van der Waals surface area (Å²) in [6, 6.07) is -1.04. The van der Waals surface area contributed by atoms with Gasteiger partial charge in [0.2, 0.25) is 0 Å². The summed E-state index contributed by atoms with van der Waals surface area (Å²) in [7, 11) is 1.90. The Morgan fingerprint density at radius 3 is 2.85 bits per heavy atom. The van der Waals surface area contributed by atoms with E-state index in [1.807, 2.05) is 13.3 Å². The predicted octanol–water partition coefficient (Wildman–Crippen LogP) is 0.834. The topological polar surface area (TPSA) is 81.7 Å². The lowest BCUT2D eigenvalue weighted by Crippen LogP contribution is -2.51. The summed E-state index contributed by atoms with van der Waals surface area (Å²) in [5, 5.41) is 14.9. The van der Waals surface area contributed by atoms with Gasteiger partial charge in [-0.3, -0.25) is 0 Å². The molecule has 2 amide bonds. The van der Waals surface area contributed by atoms with Gasteiger partial charge in [-0.05, 0) is 50.8 Å². The minimum absolute atomic E-state index is 0.251. The molecule has 0 aromatic carbocycles. The summed E-state index contributed by atoms with van der Waals surface area (Å²) < 4.78 is 0. The van der Waals surface area contributed by atoms with E-state index in [4.69, 9.17) is 5.11 Å². The van der Waals surface area contributed by atoms with Crippen LogP contribution in [0.3, 0.4) is 0 Å². The molecule has 1 rings (SSSR count). The van der Waals surface area contributed by atoms with Gasteiger partial charge in [-0.2, -0.15) is 11.8 Å². The highest BCUT2D eigenvalue weighted by Crippen LogP contribution is 2.16. The van der Waals surface area contributed by atoms with Gasteiger partial charge >= 0.3 is 12.0 Å². The molecule has 20 heavy (non-hydrogen) atoms. The molecule has 1 saturated heterocycles. The van der Waals surface area contributed by atoms with Gasteiger partial charge in [-0.1, -0.05) is 0 Å². The summed E-state index contributed by atoms with van der Waals surface area (Å²) in [5.74, 6) is 0.213. The molecule has 1 heterocycles. The SMILES string of the molecule is CNCC1CCCN(C(=O)N[C@H](CCSC)C(=O)O)C1. The molecule has 0 saturated carbocycles. The van der Waals surface area contributed by atoms with Crippen LogP contribution in [0.4, 0.5) is 4.79 Å². The first-order valence-corrected chi connectivity index (χ1v) is 8.39. The number of carboxylic acids is 1. The molecule has 0 bridgehead atoms. The van der Waals surface area contributed by atoms with E-state index in [9.17, 15) is 9.59 Å². The molecule has 0 aromatic heterocycles. The number of carboxylic acid groups (broad SMARTS) is 1. The molecular formula is C13H25N3O3S. The first kappa shape index (κ1) is 17.1. The number of amides is 2. The smallest absolute Gasteiger partial charge is 0.326 e. The van der Waals surface area contributed by atoms with Crippen LogP contribution in [0.15, 0.2) is 0 Å². The number of carbonyl (C=O) groups excluding carboxylic acids is 1. The second-order valence-corrected chi connectivity index (χ2v) is 6.12. The first-order valence-electron chi connectivity index (χ1n) is 7.00. The Bertz CT molecular complexity index is 326. The predicted molar refractivity (Wildman–Crippen MR) is 81.2 cm³/mol. The maximum absolute atomic E-state index is 12.2. The molecule has 0 spiro atoms. The number of urea groups is 1.